The van der Waals surface area contributed by atoms with E-state index in [9.17, 15) is 51.1 Å². The fourth-order valence-corrected chi connectivity index (χ4v) is 15.8. The van der Waals surface area contributed by atoms with E-state index in [4.69, 9.17) is 33.2 Å². The molecule has 0 aromatic carbocycles. The van der Waals surface area contributed by atoms with Crippen molar-refractivity contribution in [3.8, 4) is 0 Å². The monoisotopic (exact) mass is 913 g/mol. The highest BCUT2D eigenvalue weighted by atomic mass is 16.8. The highest BCUT2D eigenvalue weighted by Crippen LogP contribution is 2.79. The Kier molecular flexibility index (Phi) is 12.5. The first-order chi connectivity index (χ1) is 30.1. The van der Waals surface area contributed by atoms with Gasteiger partial charge in [-0.3, -0.25) is 0 Å². The van der Waals surface area contributed by atoms with Crippen molar-refractivity contribution in [2.75, 3.05) is 26.4 Å². The fourth-order valence-electron chi connectivity index (χ4n) is 15.8. The lowest BCUT2D eigenvalue weighted by molar-refractivity contribution is -0.395. The van der Waals surface area contributed by atoms with E-state index < -0.39 is 129 Å². The van der Waals surface area contributed by atoms with Gasteiger partial charge in [-0.05, 0) is 84.9 Å². The Bertz CT molecular complexity index is 1740. The predicted molar refractivity (Wildman–Crippen MR) is 223 cm³/mol. The van der Waals surface area contributed by atoms with E-state index in [0.29, 0.717) is 31.3 Å². The molecule has 0 aromatic heterocycles. The van der Waals surface area contributed by atoms with Gasteiger partial charge in [0, 0.05) is 16.7 Å². The highest BCUT2D eigenvalue weighted by molar-refractivity contribution is 5.36. The maximum Gasteiger partial charge on any atom is 0.187 e. The summed E-state index contributed by atoms with van der Waals surface area (Å²) in [5.41, 5.74) is -1.86. The molecule has 5 aliphatic carbocycles. The number of aliphatic hydroxyl groups excluding tert-OH is 10. The average Bonchev–Trinajstić information content (AvgIpc) is 3.56. The maximum absolute atomic E-state index is 12.3. The summed E-state index contributed by atoms with van der Waals surface area (Å²) in [5.74, 6) is 1.51. The highest BCUT2D eigenvalue weighted by Gasteiger charge is 2.79. The van der Waals surface area contributed by atoms with Crippen LogP contribution in [-0.4, -0.2) is 181 Å². The van der Waals surface area contributed by atoms with Gasteiger partial charge in [0.15, 0.2) is 18.9 Å². The molecular weight excluding hydrogens is 836 g/mol. The van der Waals surface area contributed by atoms with Gasteiger partial charge >= 0.3 is 0 Å². The van der Waals surface area contributed by atoms with Crippen LogP contribution >= 0.6 is 0 Å². The number of hydrogen-bond donors (Lipinski definition) is 10. The van der Waals surface area contributed by atoms with Gasteiger partial charge < -0.3 is 84.2 Å². The number of rotatable bonds is 8. The van der Waals surface area contributed by atoms with Gasteiger partial charge in [0.25, 0.3) is 0 Å². The summed E-state index contributed by atoms with van der Waals surface area (Å²) in [6.45, 7) is 15.1. The zero-order valence-corrected chi connectivity index (χ0v) is 38.4. The lowest BCUT2D eigenvalue weighted by atomic mass is 9.31. The molecule has 26 atom stereocenters. The summed E-state index contributed by atoms with van der Waals surface area (Å²) in [6, 6.07) is 0. The minimum atomic E-state index is -1.82. The van der Waals surface area contributed by atoms with Crippen molar-refractivity contribution >= 4 is 0 Å². The molecule has 0 radical (unpaired) electrons. The first-order valence-corrected chi connectivity index (χ1v) is 24.0. The number of aliphatic hydroxyl groups is 10. The van der Waals surface area contributed by atoms with Crippen molar-refractivity contribution < 1.29 is 84.2 Å². The van der Waals surface area contributed by atoms with Crippen molar-refractivity contribution in [2.24, 2.45) is 56.7 Å². The standard InChI is InChI=1S/C47H76O17/c1-21-8-14-46-20-59-47(38(46)22(21)2)15-10-27-43(5)12-11-29(42(3,4)26(43)9-13-44(27,6)45(47,7)16-28(46)51)62-40-36(33(55)31(53)24(17-48)60-40)64-41-37(34(56)32(54)25(18-49)61-41)63-39-35(57)30(52)23(50)19-58-39/h10,15,21-41,48-57H,8-9,11-14,16-20H2,1-7H3. The Morgan fingerprint density at radius 1 is 0.672 bits per heavy atom. The SMILES string of the molecule is CC1CCC23COC4(C=CC5C6(C)CCC(OC7OC(CO)C(O)C(O)C7OC7OC(CO)C(O)C(O)C7OC7OCC(O)C(O)C7O)C(C)(C)C6CCC5(C)C4(C)CC2O)C3C1C. The van der Waals surface area contributed by atoms with Crippen molar-refractivity contribution in [3.63, 3.8) is 0 Å². The van der Waals surface area contributed by atoms with Crippen LogP contribution in [0.25, 0.3) is 0 Å². The molecule has 9 rings (SSSR count). The predicted octanol–water partition coefficient (Wildman–Crippen LogP) is 0.0961. The Morgan fingerprint density at radius 2 is 1.28 bits per heavy atom. The molecule has 1 spiro atoms. The summed E-state index contributed by atoms with van der Waals surface area (Å²) in [7, 11) is 0. The quantitative estimate of drug-likeness (QED) is 0.114. The third-order valence-corrected chi connectivity index (χ3v) is 19.9. The van der Waals surface area contributed by atoms with Crippen LogP contribution in [0, 0.1) is 56.7 Å². The molecule has 0 amide bonds. The van der Waals surface area contributed by atoms with Gasteiger partial charge in [-0.25, -0.2) is 0 Å². The van der Waals surface area contributed by atoms with Crippen LogP contribution in [0.4, 0.5) is 0 Å². The molecule has 4 aliphatic heterocycles. The Morgan fingerprint density at radius 3 is 1.91 bits per heavy atom. The molecular formula is C47H76O17. The van der Waals surface area contributed by atoms with Gasteiger partial charge in [-0.1, -0.05) is 60.6 Å². The molecule has 4 saturated carbocycles. The van der Waals surface area contributed by atoms with Crippen LogP contribution in [-0.2, 0) is 33.2 Å². The molecule has 17 heteroatoms. The summed E-state index contributed by atoms with van der Waals surface area (Å²) in [5, 5.41) is 108. The summed E-state index contributed by atoms with van der Waals surface area (Å²) in [6.07, 6.45) is -12.5. The Labute approximate surface area is 376 Å². The van der Waals surface area contributed by atoms with E-state index in [1.807, 2.05) is 0 Å². The van der Waals surface area contributed by atoms with E-state index in [-0.39, 0.29) is 39.4 Å². The largest absolute Gasteiger partial charge is 0.394 e. The van der Waals surface area contributed by atoms with Gasteiger partial charge in [-0.2, -0.15) is 0 Å². The van der Waals surface area contributed by atoms with Gasteiger partial charge in [-0.15, -0.1) is 0 Å². The second kappa shape index (κ2) is 16.6. The molecule has 0 aromatic rings. The molecule has 17 nitrogen and oxygen atoms in total. The molecule has 366 valence electrons. The molecule has 4 heterocycles. The number of ether oxygens (including phenoxy) is 7. The smallest absolute Gasteiger partial charge is 0.187 e. The lowest BCUT2D eigenvalue weighted by Gasteiger charge is -2.73. The van der Waals surface area contributed by atoms with Gasteiger partial charge in [0.2, 0.25) is 0 Å². The normalized spacial score (nSPS) is 59.0. The summed E-state index contributed by atoms with van der Waals surface area (Å²) >= 11 is 0. The lowest BCUT2D eigenvalue weighted by Crippen LogP contribution is -2.73. The van der Waals surface area contributed by atoms with Crippen LogP contribution in [0.2, 0.25) is 0 Å². The van der Waals surface area contributed by atoms with E-state index in [1.54, 1.807) is 0 Å². The van der Waals surface area contributed by atoms with E-state index in [0.717, 1.165) is 32.1 Å². The van der Waals surface area contributed by atoms with Gasteiger partial charge in [0.05, 0.1) is 44.2 Å². The molecule has 2 bridgehead atoms. The second-order valence-corrected chi connectivity index (χ2v) is 22.9. The second-order valence-electron chi connectivity index (χ2n) is 22.9. The van der Waals surface area contributed by atoms with Crippen molar-refractivity contribution in [1.29, 1.82) is 0 Å². The number of fused-ring (bicyclic) bond motifs is 4. The Hall–Kier alpha value is -0.940. The molecule has 9 aliphatic rings. The minimum Gasteiger partial charge on any atom is -0.394 e. The molecule has 64 heavy (non-hydrogen) atoms. The summed E-state index contributed by atoms with van der Waals surface area (Å²) < 4.78 is 43.7. The van der Waals surface area contributed by atoms with E-state index >= 15 is 0 Å². The zero-order valence-electron chi connectivity index (χ0n) is 38.4. The Balaban J connectivity index is 0.986. The van der Waals surface area contributed by atoms with E-state index in [2.05, 4.69) is 60.6 Å². The average molecular weight is 913 g/mol. The van der Waals surface area contributed by atoms with Crippen LogP contribution in [0.1, 0.15) is 93.4 Å². The van der Waals surface area contributed by atoms with Crippen LogP contribution < -0.4 is 0 Å². The number of hydrogen-bond acceptors (Lipinski definition) is 17. The van der Waals surface area contributed by atoms with Gasteiger partial charge in [0.1, 0.15) is 67.1 Å². The first-order valence-electron chi connectivity index (χ1n) is 24.0. The van der Waals surface area contributed by atoms with Crippen molar-refractivity contribution in [3.05, 3.63) is 12.2 Å². The third-order valence-electron chi connectivity index (χ3n) is 19.9. The zero-order chi connectivity index (χ0) is 46.3. The molecule has 26 unspecified atom stereocenters. The fraction of sp³-hybridized carbons (Fsp3) is 0.957. The van der Waals surface area contributed by atoms with Crippen molar-refractivity contribution in [2.45, 2.75) is 197 Å². The molecule has 4 saturated heterocycles. The molecule has 10 N–H and O–H groups in total. The third kappa shape index (κ3) is 6.65. The number of allylic oxidation sites excluding steroid dienone is 1. The molecule has 8 fully saturated rings. The van der Waals surface area contributed by atoms with Crippen LogP contribution in [0.3, 0.4) is 0 Å². The van der Waals surface area contributed by atoms with E-state index in [1.165, 1.54) is 0 Å². The summed E-state index contributed by atoms with van der Waals surface area (Å²) in [4.78, 5) is 0. The maximum atomic E-state index is 12.3. The first kappa shape index (κ1) is 48.1. The van der Waals surface area contributed by atoms with Crippen LogP contribution in [0.5, 0.6) is 0 Å². The van der Waals surface area contributed by atoms with Crippen LogP contribution in [0.15, 0.2) is 12.2 Å². The topological polar surface area (TPSA) is 267 Å². The minimum absolute atomic E-state index is 0.147. The van der Waals surface area contributed by atoms with Crippen molar-refractivity contribution in [1.82, 2.24) is 0 Å².